The number of ether oxygens (including phenoxy) is 1. The molecule has 0 unspecified atom stereocenters. The first-order chi connectivity index (χ1) is 11.7. The highest BCUT2D eigenvalue weighted by atomic mass is 35.5. The molecule has 0 bridgehead atoms. The van der Waals surface area contributed by atoms with Gasteiger partial charge in [-0.2, -0.15) is 0 Å². The van der Waals surface area contributed by atoms with Gasteiger partial charge >= 0.3 is 6.03 Å². The molecule has 0 spiro atoms. The van der Waals surface area contributed by atoms with Crippen LogP contribution in [0, 0.1) is 0 Å². The molecule has 0 saturated carbocycles. The zero-order valence-electron chi connectivity index (χ0n) is 13.2. The van der Waals surface area contributed by atoms with E-state index < -0.39 is 0 Å². The molecule has 1 fully saturated rings. The standard InChI is InChI=1S/C17H20ClN3O2S/c18-13-4-1-2-5-14(13)20-17(22)19-12-15(16-6-3-11-24-16)21-7-9-23-10-8-21/h1-6,11,15H,7-10,12H2,(H2,19,20,22)/t15-/m0/s1. The number of hydrogen-bond donors (Lipinski definition) is 2. The molecule has 1 aliphatic heterocycles. The summed E-state index contributed by atoms with van der Waals surface area (Å²) in [7, 11) is 0. The molecule has 1 atom stereocenters. The van der Waals surface area contributed by atoms with Crippen molar-refractivity contribution in [2.45, 2.75) is 6.04 Å². The van der Waals surface area contributed by atoms with Crippen LogP contribution in [0.15, 0.2) is 41.8 Å². The molecule has 2 aromatic rings. The van der Waals surface area contributed by atoms with Crippen molar-refractivity contribution in [2.24, 2.45) is 0 Å². The number of carbonyl (C=O) groups is 1. The van der Waals surface area contributed by atoms with Gasteiger partial charge in [-0.3, -0.25) is 4.90 Å². The van der Waals surface area contributed by atoms with Crippen molar-refractivity contribution in [3.05, 3.63) is 51.7 Å². The van der Waals surface area contributed by atoms with E-state index in [0.717, 1.165) is 26.3 Å². The Morgan fingerprint density at radius 1 is 1.25 bits per heavy atom. The maximum atomic E-state index is 12.2. The molecule has 128 valence electrons. The average molecular weight is 366 g/mol. The first-order valence-electron chi connectivity index (χ1n) is 7.88. The quantitative estimate of drug-likeness (QED) is 0.851. The zero-order valence-corrected chi connectivity index (χ0v) is 14.8. The predicted molar refractivity (Wildman–Crippen MR) is 97.9 cm³/mol. The fraction of sp³-hybridized carbons (Fsp3) is 0.353. The van der Waals surface area contributed by atoms with Gasteiger partial charge in [-0.25, -0.2) is 4.79 Å². The number of carbonyl (C=O) groups excluding carboxylic acids is 1. The summed E-state index contributed by atoms with van der Waals surface area (Å²) in [5.74, 6) is 0. The minimum absolute atomic E-state index is 0.158. The van der Waals surface area contributed by atoms with Crippen LogP contribution in [0.5, 0.6) is 0 Å². The van der Waals surface area contributed by atoms with Crippen LogP contribution in [0.3, 0.4) is 0 Å². The Morgan fingerprint density at radius 3 is 2.75 bits per heavy atom. The van der Waals surface area contributed by atoms with Crippen LogP contribution in [0.25, 0.3) is 0 Å². The number of benzene rings is 1. The van der Waals surface area contributed by atoms with Crippen LogP contribution in [0.4, 0.5) is 10.5 Å². The van der Waals surface area contributed by atoms with Gasteiger partial charge in [0, 0.05) is 24.5 Å². The number of halogens is 1. The summed E-state index contributed by atoms with van der Waals surface area (Å²) in [4.78, 5) is 15.8. The van der Waals surface area contributed by atoms with Crippen molar-refractivity contribution in [3.8, 4) is 0 Å². The average Bonchev–Trinajstić information content (AvgIpc) is 3.12. The van der Waals surface area contributed by atoms with Crippen LogP contribution in [-0.4, -0.2) is 43.8 Å². The van der Waals surface area contributed by atoms with Crippen LogP contribution in [-0.2, 0) is 4.74 Å². The molecule has 1 aliphatic rings. The normalized spacial score (nSPS) is 16.5. The van der Waals surface area contributed by atoms with Gasteiger partial charge in [-0.1, -0.05) is 29.8 Å². The molecule has 7 heteroatoms. The third-order valence-corrected chi connectivity index (χ3v) is 5.24. The Morgan fingerprint density at radius 2 is 2.04 bits per heavy atom. The molecule has 3 rings (SSSR count). The maximum absolute atomic E-state index is 12.2. The van der Waals surface area contributed by atoms with E-state index in [1.54, 1.807) is 23.5 Å². The Balaban J connectivity index is 1.61. The van der Waals surface area contributed by atoms with Crippen LogP contribution < -0.4 is 10.6 Å². The van der Waals surface area contributed by atoms with Crippen molar-refractivity contribution in [1.82, 2.24) is 10.2 Å². The molecule has 1 aromatic carbocycles. The Labute approximate surface area is 150 Å². The third-order valence-electron chi connectivity index (χ3n) is 3.94. The topological polar surface area (TPSA) is 53.6 Å². The summed E-state index contributed by atoms with van der Waals surface area (Å²) >= 11 is 7.78. The lowest BCUT2D eigenvalue weighted by Gasteiger charge is -2.34. The maximum Gasteiger partial charge on any atom is 0.319 e. The predicted octanol–water partition coefficient (Wildman–Crippen LogP) is 3.60. The van der Waals surface area contributed by atoms with E-state index in [1.807, 2.05) is 18.2 Å². The van der Waals surface area contributed by atoms with E-state index in [4.69, 9.17) is 16.3 Å². The number of para-hydroxylation sites is 1. The van der Waals surface area contributed by atoms with E-state index in [-0.39, 0.29) is 12.1 Å². The first kappa shape index (κ1) is 17.2. The third kappa shape index (κ3) is 4.48. The second-order valence-corrected chi connectivity index (χ2v) is 6.88. The number of hydrogen-bond acceptors (Lipinski definition) is 4. The molecular weight excluding hydrogens is 346 g/mol. The fourth-order valence-electron chi connectivity index (χ4n) is 2.70. The smallest absolute Gasteiger partial charge is 0.319 e. The second-order valence-electron chi connectivity index (χ2n) is 5.49. The van der Waals surface area contributed by atoms with E-state index in [9.17, 15) is 4.79 Å². The molecule has 2 heterocycles. The minimum Gasteiger partial charge on any atom is -0.379 e. The van der Waals surface area contributed by atoms with Gasteiger partial charge in [0.2, 0.25) is 0 Å². The lowest BCUT2D eigenvalue weighted by atomic mass is 10.2. The second kappa shape index (κ2) is 8.48. The molecule has 1 saturated heterocycles. The van der Waals surface area contributed by atoms with Crippen molar-refractivity contribution >= 4 is 34.7 Å². The molecule has 5 nitrogen and oxygen atoms in total. The highest BCUT2D eigenvalue weighted by Gasteiger charge is 2.24. The first-order valence-corrected chi connectivity index (χ1v) is 9.14. The number of nitrogens with zero attached hydrogens (tertiary/aromatic N) is 1. The lowest BCUT2D eigenvalue weighted by Crippen LogP contribution is -2.44. The Bertz CT molecular complexity index is 660. The largest absolute Gasteiger partial charge is 0.379 e. The number of morpholine rings is 1. The van der Waals surface area contributed by atoms with Gasteiger partial charge in [-0.05, 0) is 23.6 Å². The Hall–Kier alpha value is -1.60. The monoisotopic (exact) mass is 365 g/mol. The molecule has 0 radical (unpaired) electrons. The summed E-state index contributed by atoms with van der Waals surface area (Å²) < 4.78 is 5.43. The number of anilines is 1. The molecule has 1 aromatic heterocycles. The van der Waals surface area contributed by atoms with Crippen molar-refractivity contribution in [1.29, 1.82) is 0 Å². The number of urea groups is 1. The van der Waals surface area contributed by atoms with E-state index in [2.05, 4.69) is 27.0 Å². The van der Waals surface area contributed by atoms with Crippen LogP contribution in [0.2, 0.25) is 5.02 Å². The van der Waals surface area contributed by atoms with Gasteiger partial charge < -0.3 is 15.4 Å². The lowest BCUT2D eigenvalue weighted by molar-refractivity contribution is 0.0175. The highest BCUT2D eigenvalue weighted by molar-refractivity contribution is 7.10. The van der Waals surface area contributed by atoms with Crippen molar-refractivity contribution < 1.29 is 9.53 Å². The molecule has 0 aliphatic carbocycles. The molecule has 24 heavy (non-hydrogen) atoms. The van der Waals surface area contributed by atoms with Gasteiger partial charge in [0.1, 0.15) is 0 Å². The molecular formula is C17H20ClN3O2S. The van der Waals surface area contributed by atoms with Gasteiger partial charge in [-0.15, -0.1) is 11.3 Å². The van der Waals surface area contributed by atoms with Crippen molar-refractivity contribution in [3.63, 3.8) is 0 Å². The summed E-state index contributed by atoms with van der Waals surface area (Å²) in [6.07, 6.45) is 0. The fourth-order valence-corrected chi connectivity index (χ4v) is 3.74. The summed E-state index contributed by atoms with van der Waals surface area (Å²) in [6.45, 7) is 3.74. The van der Waals surface area contributed by atoms with E-state index in [0.29, 0.717) is 17.3 Å². The van der Waals surface area contributed by atoms with E-state index >= 15 is 0 Å². The van der Waals surface area contributed by atoms with Crippen molar-refractivity contribution in [2.75, 3.05) is 38.2 Å². The minimum atomic E-state index is -0.252. The number of thiophene rings is 1. The van der Waals surface area contributed by atoms with Gasteiger partial charge in [0.05, 0.1) is 30.0 Å². The SMILES string of the molecule is O=C(NC[C@@H](c1cccs1)N1CCOCC1)Nc1ccccc1Cl. The van der Waals surface area contributed by atoms with Crippen LogP contribution in [0.1, 0.15) is 10.9 Å². The van der Waals surface area contributed by atoms with Gasteiger partial charge in [0.25, 0.3) is 0 Å². The summed E-state index contributed by atoms with van der Waals surface area (Å²) in [5.41, 5.74) is 0.607. The highest BCUT2D eigenvalue weighted by Crippen LogP contribution is 2.25. The number of rotatable bonds is 5. The number of amides is 2. The van der Waals surface area contributed by atoms with Crippen LogP contribution >= 0.6 is 22.9 Å². The summed E-state index contributed by atoms with van der Waals surface area (Å²) in [5, 5.41) is 8.34. The number of nitrogens with one attached hydrogen (secondary N) is 2. The molecule has 2 N–H and O–H groups in total. The Kier molecular flexibility index (Phi) is 6.09. The summed E-state index contributed by atoms with van der Waals surface area (Å²) in [6, 6.07) is 11.2. The van der Waals surface area contributed by atoms with Gasteiger partial charge in [0.15, 0.2) is 0 Å². The zero-order chi connectivity index (χ0) is 16.8. The van der Waals surface area contributed by atoms with E-state index in [1.165, 1.54) is 4.88 Å². The molecule has 2 amide bonds.